The summed E-state index contributed by atoms with van der Waals surface area (Å²) in [5, 5.41) is 4.99. The molecule has 0 atom stereocenters. The van der Waals surface area contributed by atoms with E-state index in [0.717, 1.165) is 12.8 Å². The Kier molecular flexibility index (Phi) is 4.91. The summed E-state index contributed by atoms with van der Waals surface area (Å²) < 4.78 is 5.01. The van der Waals surface area contributed by atoms with Gasteiger partial charge in [-0.15, -0.1) is 0 Å². The average Bonchev–Trinajstić information content (AvgIpc) is 2.73. The topological polar surface area (TPSA) is 68.5 Å². The van der Waals surface area contributed by atoms with Crippen LogP contribution in [0.3, 0.4) is 0 Å². The van der Waals surface area contributed by atoms with E-state index in [1.165, 1.54) is 12.2 Å². The highest BCUT2D eigenvalue weighted by Crippen LogP contribution is 2.04. The number of aryl methyl sites for hydroxylation is 2. The van der Waals surface area contributed by atoms with Gasteiger partial charge in [-0.25, -0.2) is 5.06 Å². The summed E-state index contributed by atoms with van der Waals surface area (Å²) in [5.41, 5.74) is 0. The van der Waals surface area contributed by atoms with Crippen molar-refractivity contribution in [2.24, 2.45) is 0 Å². The molecule has 90 valence electrons. The lowest BCUT2D eigenvalue weighted by Crippen LogP contribution is -2.25. The van der Waals surface area contributed by atoms with E-state index in [-0.39, 0.29) is 5.91 Å². The number of hydrogen-bond acceptors (Lipinski definition) is 5. The molecule has 16 heavy (non-hydrogen) atoms. The van der Waals surface area contributed by atoms with Gasteiger partial charge in [0.05, 0.1) is 7.11 Å². The molecule has 1 aromatic rings. The fourth-order valence-corrected chi connectivity index (χ4v) is 1.19. The van der Waals surface area contributed by atoms with Crippen molar-refractivity contribution in [3.8, 4) is 0 Å². The van der Waals surface area contributed by atoms with Crippen molar-refractivity contribution in [3.05, 3.63) is 11.7 Å². The molecule has 0 bridgehead atoms. The Labute approximate surface area is 94.5 Å². The van der Waals surface area contributed by atoms with Crippen molar-refractivity contribution >= 4 is 5.91 Å². The van der Waals surface area contributed by atoms with Crippen molar-refractivity contribution in [2.75, 3.05) is 14.2 Å². The summed E-state index contributed by atoms with van der Waals surface area (Å²) in [5.74, 6) is 1.09. The molecule has 0 saturated carbocycles. The first kappa shape index (κ1) is 12.6. The molecule has 6 nitrogen and oxygen atoms in total. The number of amides is 1. The van der Waals surface area contributed by atoms with Crippen molar-refractivity contribution in [2.45, 2.75) is 32.6 Å². The number of carbonyl (C=O) groups excluding carboxylic acids is 1. The minimum atomic E-state index is -0.113. The maximum atomic E-state index is 11.4. The van der Waals surface area contributed by atoms with Crippen molar-refractivity contribution in [1.29, 1.82) is 0 Å². The first-order valence-electron chi connectivity index (χ1n) is 5.29. The van der Waals surface area contributed by atoms with Crippen LogP contribution in [0.5, 0.6) is 0 Å². The van der Waals surface area contributed by atoms with Crippen molar-refractivity contribution in [3.63, 3.8) is 0 Å². The van der Waals surface area contributed by atoms with Crippen LogP contribution in [0.4, 0.5) is 0 Å². The quantitative estimate of drug-likeness (QED) is 0.677. The highest BCUT2D eigenvalue weighted by atomic mass is 16.7. The molecule has 0 aromatic carbocycles. The molecule has 0 saturated heterocycles. The Morgan fingerprint density at radius 3 is 2.88 bits per heavy atom. The van der Waals surface area contributed by atoms with Crippen LogP contribution < -0.4 is 0 Å². The fourth-order valence-electron chi connectivity index (χ4n) is 1.19. The number of aromatic nitrogens is 2. The molecule has 0 aliphatic carbocycles. The summed E-state index contributed by atoms with van der Waals surface area (Å²) in [6.45, 7) is 2.05. The van der Waals surface area contributed by atoms with Gasteiger partial charge in [-0.05, 0) is 6.42 Å². The Morgan fingerprint density at radius 1 is 1.50 bits per heavy atom. The summed E-state index contributed by atoms with van der Waals surface area (Å²) >= 11 is 0. The monoisotopic (exact) mass is 227 g/mol. The number of rotatable bonds is 6. The second kappa shape index (κ2) is 6.22. The SMILES string of the molecule is CCCc1noc(CCC(=O)N(C)OC)n1. The van der Waals surface area contributed by atoms with E-state index in [2.05, 4.69) is 10.1 Å². The molecule has 0 fully saturated rings. The first-order chi connectivity index (χ1) is 7.67. The third-order valence-corrected chi connectivity index (χ3v) is 2.16. The van der Waals surface area contributed by atoms with Crippen molar-refractivity contribution in [1.82, 2.24) is 15.2 Å². The van der Waals surface area contributed by atoms with Gasteiger partial charge in [0.2, 0.25) is 11.8 Å². The number of hydrogen-bond donors (Lipinski definition) is 0. The van der Waals surface area contributed by atoms with Gasteiger partial charge in [0, 0.05) is 26.3 Å². The standard InChI is InChI=1S/C10H17N3O3/c1-4-5-8-11-9(16-12-8)6-7-10(14)13(2)15-3/h4-7H2,1-3H3. The van der Waals surface area contributed by atoms with E-state index in [1.54, 1.807) is 7.05 Å². The molecule has 0 unspecified atom stereocenters. The normalized spacial score (nSPS) is 10.4. The Morgan fingerprint density at radius 2 is 2.25 bits per heavy atom. The molecule has 0 spiro atoms. The lowest BCUT2D eigenvalue weighted by Gasteiger charge is -2.12. The second-order valence-electron chi connectivity index (χ2n) is 3.43. The fraction of sp³-hybridized carbons (Fsp3) is 0.700. The van der Waals surface area contributed by atoms with Gasteiger partial charge in [-0.2, -0.15) is 4.98 Å². The Bertz CT molecular complexity index is 338. The van der Waals surface area contributed by atoms with E-state index in [0.29, 0.717) is 24.6 Å². The predicted octanol–water partition coefficient (Wildman–Crippen LogP) is 0.974. The van der Waals surface area contributed by atoms with E-state index in [9.17, 15) is 4.79 Å². The van der Waals surface area contributed by atoms with Crippen LogP contribution in [0, 0.1) is 0 Å². The number of hydroxylamine groups is 2. The zero-order valence-corrected chi connectivity index (χ0v) is 9.89. The van der Waals surface area contributed by atoms with Crippen LogP contribution in [-0.4, -0.2) is 35.3 Å². The maximum Gasteiger partial charge on any atom is 0.246 e. The van der Waals surface area contributed by atoms with Gasteiger partial charge < -0.3 is 4.52 Å². The predicted molar refractivity (Wildman–Crippen MR) is 56.4 cm³/mol. The summed E-state index contributed by atoms with van der Waals surface area (Å²) in [7, 11) is 3.02. The molecule has 1 aromatic heterocycles. The van der Waals surface area contributed by atoms with Crippen LogP contribution in [0.15, 0.2) is 4.52 Å². The van der Waals surface area contributed by atoms with Gasteiger partial charge >= 0.3 is 0 Å². The van der Waals surface area contributed by atoms with Crippen LogP contribution in [0.1, 0.15) is 31.5 Å². The van der Waals surface area contributed by atoms with Crippen LogP contribution in [0.25, 0.3) is 0 Å². The summed E-state index contributed by atoms with van der Waals surface area (Å²) in [6, 6.07) is 0. The van der Waals surface area contributed by atoms with Gasteiger partial charge in [0.15, 0.2) is 5.82 Å². The molecular formula is C10H17N3O3. The zero-order valence-electron chi connectivity index (χ0n) is 9.89. The van der Waals surface area contributed by atoms with Crippen LogP contribution >= 0.6 is 0 Å². The molecule has 0 aliphatic rings. The third-order valence-electron chi connectivity index (χ3n) is 2.16. The first-order valence-corrected chi connectivity index (χ1v) is 5.29. The van der Waals surface area contributed by atoms with E-state index >= 15 is 0 Å². The third kappa shape index (κ3) is 3.62. The number of carbonyl (C=O) groups is 1. The molecular weight excluding hydrogens is 210 g/mol. The van der Waals surface area contributed by atoms with Crippen molar-refractivity contribution < 1.29 is 14.2 Å². The lowest BCUT2D eigenvalue weighted by molar-refractivity contribution is -0.168. The van der Waals surface area contributed by atoms with E-state index < -0.39 is 0 Å². The molecule has 1 amide bonds. The molecule has 0 radical (unpaired) electrons. The summed E-state index contributed by atoms with van der Waals surface area (Å²) in [6.07, 6.45) is 2.53. The van der Waals surface area contributed by atoms with Gasteiger partial charge in [-0.1, -0.05) is 12.1 Å². The Hall–Kier alpha value is -1.43. The largest absolute Gasteiger partial charge is 0.339 e. The Balaban J connectivity index is 2.39. The van der Waals surface area contributed by atoms with Crippen LogP contribution in [-0.2, 0) is 22.5 Å². The second-order valence-corrected chi connectivity index (χ2v) is 3.43. The highest BCUT2D eigenvalue weighted by molar-refractivity contribution is 5.74. The average molecular weight is 227 g/mol. The number of nitrogens with zero attached hydrogens (tertiary/aromatic N) is 3. The molecule has 1 rings (SSSR count). The van der Waals surface area contributed by atoms with Gasteiger partial charge in [0.25, 0.3) is 0 Å². The summed E-state index contributed by atoms with van der Waals surface area (Å²) in [4.78, 5) is 20.3. The molecule has 0 N–H and O–H groups in total. The molecule has 1 heterocycles. The minimum absolute atomic E-state index is 0.113. The highest BCUT2D eigenvalue weighted by Gasteiger charge is 2.11. The van der Waals surface area contributed by atoms with Crippen LogP contribution in [0.2, 0.25) is 0 Å². The molecule has 6 heteroatoms. The van der Waals surface area contributed by atoms with Gasteiger partial charge in [-0.3, -0.25) is 9.63 Å². The zero-order chi connectivity index (χ0) is 12.0. The van der Waals surface area contributed by atoms with E-state index in [4.69, 9.17) is 9.36 Å². The van der Waals surface area contributed by atoms with Gasteiger partial charge in [0.1, 0.15) is 0 Å². The maximum absolute atomic E-state index is 11.4. The van der Waals surface area contributed by atoms with E-state index in [1.807, 2.05) is 6.92 Å². The smallest absolute Gasteiger partial charge is 0.246 e. The molecule has 0 aliphatic heterocycles. The minimum Gasteiger partial charge on any atom is -0.339 e. The lowest BCUT2D eigenvalue weighted by atomic mass is 10.3.